The summed E-state index contributed by atoms with van der Waals surface area (Å²) in [6.07, 6.45) is 0. The van der Waals surface area contributed by atoms with Gasteiger partial charge in [0.15, 0.2) is 0 Å². The number of aryl methyl sites for hydroxylation is 1. The van der Waals surface area contributed by atoms with E-state index in [0.717, 1.165) is 0 Å². The number of carbonyl (C=O) groups is 1. The predicted octanol–water partition coefficient (Wildman–Crippen LogP) is 2.79. The van der Waals surface area contributed by atoms with E-state index in [9.17, 15) is 14.0 Å². The average Bonchev–Trinajstić information content (AvgIpc) is 2.97. The number of furan rings is 1. The first-order chi connectivity index (χ1) is 12.0. The van der Waals surface area contributed by atoms with E-state index < -0.39 is 5.97 Å². The van der Waals surface area contributed by atoms with E-state index in [0.29, 0.717) is 22.6 Å². The van der Waals surface area contributed by atoms with Crippen molar-refractivity contribution >= 4 is 5.97 Å². The van der Waals surface area contributed by atoms with Crippen molar-refractivity contribution in [1.82, 2.24) is 9.78 Å². The van der Waals surface area contributed by atoms with E-state index in [2.05, 4.69) is 9.84 Å². The van der Waals surface area contributed by atoms with Gasteiger partial charge in [0.1, 0.15) is 18.1 Å². The van der Waals surface area contributed by atoms with Crippen LogP contribution in [0.3, 0.4) is 0 Å². The molecule has 0 fully saturated rings. The largest absolute Gasteiger partial charge is 0.463 e. The molecule has 0 spiro atoms. The summed E-state index contributed by atoms with van der Waals surface area (Å²) in [6.45, 7) is 1.77. The van der Waals surface area contributed by atoms with Crippen LogP contribution in [0, 0.1) is 12.7 Å². The van der Waals surface area contributed by atoms with Crippen molar-refractivity contribution in [1.29, 1.82) is 0 Å². The topological polar surface area (TPSA) is 74.3 Å². The Balaban J connectivity index is 1.93. The number of hydrogen-bond donors (Lipinski definition) is 0. The molecule has 0 aliphatic rings. The number of methoxy groups -OCH3 is 1. The molecule has 2 heterocycles. The molecule has 3 rings (SSSR count). The molecule has 6 nitrogen and oxygen atoms in total. The normalized spacial score (nSPS) is 10.7. The standard InChI is InChI=1S/C18H15FN2O4/c1-11-9-14(25-17(11)18(23)24-2)10-21-16(22)8-7-15(20-21)12-3-5-13(19)6-4-12/h3-9H,10H2,1-2H3. The second-order valence-electron chi connectivity index (χ2n) is 5.44. The molecule has 3 aromatic rings. The summed E-state index contributed by atoms with van der Waals surface area (Å²) in [6, 6.07) is 10.4. The maximum Gasteiger partial charge on any atom is 0.374 e. The van der Waals surface area contributed by atoms with Gasteiger partial charge in [-0.25, -0.2) is 13.9 Å². The van der Waals surface area contributed by atoms with Crippen LogP contribution in [0.2, 0.25) is 0 Å². The van der Waals surface area contributed by atoms with E-state index in [1.54, 1.807) is 31.2 Å². The number of nitrogens with zero attached hydrogens (tertiary/aromatic N) is 2. The Bertz CT molecular complexity index is 973. The highest BCUT2D eigenvalue weighted by molar-refractivity contribution is 5.87. The molecule has 1 aromatic carbocycles. The summed E-state index contributed by atoms with van der Waals surface area (Å²) in [5.74, 6) is -0.424. The SMILES string of the molecule is COC(=O)c1oc(Cn2nc(-c3ccc(F)cc3)ccc2=O)cc1C. The number of benzene rings is 1. The van der Waals surface area contributed by atoms with Crippen molar-refractivity contribution in [3.05, 3.63) is 75.7 Å². The van der Waals surface area contributed by atoms with Crippen LogP contribution in [0.1, 0.15) is 21.9 Å². The Morgan fingerprint density at radius 2 is 1.96 bits per heavy atom. The lowest BCUT2D eigenvalue weighted by molar-refractivity contribution is 0.0561. The van der Waals surface area contributed by atoms with Crippen molar-refractivity contribution in [2.24, 2.45) is 0 Å². The third-order valence-electron chi connectivity index (χ3n) is 3.65. The number of hydrogen-bond acceptors (Lipinski definition) is 5. The zero-order chi connectivity index (χ0) is 18.0. The van der Waals surface area contributed by atoms with Crippen LogP contribution in [-0.4, -0.2) is 22.9 Å². The molecule has 2 aromatic heterocycles. The average molecular weight is 342 g/mol. The van der Waals surface area contributed by atoms with E-state index in [4.69, 9.17) is 4.42 Å². The van der Waals surface area contributed by atoms with Gasteiger partial charge in [0.05, 0.1) is 12.8 Å². The van der Waals surface area contributed by atoms with Crippen LogP contribution in [0.4, 0.5) is 4.39 Å². The monoisotopic (exact) mass is 342 g/mol. The molecule has 0 saturated carbocycles. The van der Waals surface area contributed by atoms with Crippen molar-refractivity contribution in [2.75, 3.05) is 7.11 Å². The van der Waals surface area contributed by atoms with Crippen molar-refractivity contribution in [3.8, 4) is 11.3 Å². The molecular formula is C18H15FN2O4. The Morgan fingerprint density at radius 3 is 2.64 bits per heavy atom. The Hall–Kier alpha value is -3.22. The molecule has 0 aliphatic carbocycles. The van der Waals surface area contributed by atoms with E-state index in [1.165, 1.54) is 30.0 Å². The Labute approximate surface area is 142 Å². The number of ether oxygens (including phenoxy) is 1. The zero-order valence-corrected chi connectivity index (χ0v) is 13.7. The van der Waals surface area contributed by atoms with Gasteiger partial charge in [0.2, 0.25) is 5.76 Å². The third kappa shape index (κ3) is 3.50. The molecule has 0 amide bonds. The van der Waals surface area contributed by atoms with Gasteiger partial charge in [0, 0.05) is 17.2 Å². The molecule has 0 unspecified atom stereocenters. The second kappa shape index (κ2) is 6.72. The van der Waals surface area contributed by atoms with Crippen LogP contribution in [-0.2, 0) is 11.3 Å². The molecule has 0 radical (unpaired) electrons. The number of rotatable bonds is 4. The van der Waals surface area contributed by atoms with Gasteiger partial charge in [-0.3, -0.25) is 4.79 Å². The molecule has 0 saturated heterocycles. The van der Waals surface area contributed by atoms with Crippen LogP contribution in [0.25, 0.3) is 11.3 Å². The lowest BCUT2D eigenvalue weighted by Gasteiger charge is -2.06. The fraction of sp³-hybridized carbons (Fsp3) is 0.167. The Morgan fingerprint density at radius 1 is 1.24 bits per heavy atom. The van der Waals surface area contributed by atoms with Gasteiger partial charge in [-0.1, -0.05) is 0 Å². The minimum absolute atomic E-state index is 0.0612. The van der Waals surface area contributed by atoms with Crippen molar-refractivity contribution < 1.29 is 18.3 Å². The summed E-state index contributed by atoms with van der Waals surface area (Å²) in [7, 11) is 1.27. The van der Waals surface area contributed by atoms with Crippen LogP contribution >= 0.6 is 0 Å². The molecule has 0 aliphatic heterocycles. The van der Waals surface area contributed by atoms with Crippen LogP contribution in [0.15, 0.2) is 51.7 Å². The summed E-state index contributed by atoms with van der Waals surface area (Å²) in [5.41, 5.74) is 1.50. The smallest absolute Gasteiger partial charge is 0.374 e. The van der Waals surface area contributed by atoms with Gasteiger partial charge in [0.25, 0.3) is 5.56 Å². The third-order valence-corrected chi connectivity index (χ3v) is 3.65. The molecule has 25 heavy (non-hydrogen) atoms. The first-order valence-corrected chi connectivity index (χ1v) is 7.49. The number of carbonyl (C=O) groups excluding carboxylic acids is 1. The highest BCUT2D eigenvalue weighted by Crippen LogP contribution is 2.18. The summed E-state index contributed by atoms with van der Waals surface area (Å²) in [4.78, 5) is 23.7. The molecular weight excluding hydrogens is 327 g/mol. The predicted molar refractivity (Wildman–Crippen MR) is 87.8 cm³/mol. The van der Waals surface area contributed by atoms with E-state index in [-0.39, 0.29) is 23.7 Å². The quantitative estimate of drug-likeness (QED) is 0.682. The lowest BCUT2D eigenvalue weighted by atomic mass is 10.1. The van der Waals surface area contributed by atoms with Gasteiger partial charge in [-0.05, 0) is 43.3 Å². The number of esters is 1. The van der Waals surface area contributed by atoms with Crippen LogP contribution < -0.4 is 5.56 Å². The summed E-state index contributed by atoms with van der Waals surface area (Å²) < 4.78 is 24.4. The summed E-state index contributed by atoms with van der Waals surface area (Å²) >= 11 is 0. The molecule has 128 valence electrons. The summed E-state index contributed by atoms with van der Waals surface area (Å²) in [5, 5.41) is 4.28. The lowest BCUT2D eigenvalue weighted by Crippen LogP contribution is -2.22. The number of halogens is 1. The van der Waals surface area contributed by atoms with Crippen molar-refractivity contribution in [3.63, 3.8) is 0 Å². The van der Waals surface area contributed by atoms with Gasteiger partial charge < -0.3 is 9.15 Å². The molecule has 0 N–H and O–H groups in total. The van der Waals surface area contributed by atoms with E-state index >= 15 is 0 Å². The minimum Gasteiger partial charge on any atom is -0.463 e. The van der Waals surface area contributed by atoms with E-state index in [1.807, 2.05) is 0 Å². The zero-order valence-electron chi connectivity index (χ0n) is 13.7. The van der Waals surface area contributed by atoms with Crippen LogP contribution in [0.5, 0.6) is 0 Å². The first-order valence-electron chi connectivity index (χ1n) is 7.49. The Kier molecular flexibility index (Phi) is 4.47. The first kappa shape index (κ1) is 16.6. The number of aromatic nitrogens is 2. The fourth-order valence-corrected chi connectivity index (χ4v) is 2.41. The van der Waals surface area contributed by atoms with Gasteiger partial charge in [-0.2, -0.15) is 5.10 Å². The highest BCUT2D eigenvalue weighted by Gasteiger charge is 2.17. The van der Waals surface area contributed by atoms with Gasteiger partial charge in [-0.15, -0.1) is 0 Å². The highest BCUT2D eigenvalue weighted by atomic mass is 19.1. The molecule has 7 heteroatoms. The molecule has 0 bridgehead atoms. The van der Waals surface area contributed by atoms with Crippen molar-refractivity contribution in [2.45, 2.75) is 13.5 Å². The van der Waals surface area contributed by atoms with Gasteiger partial charge >= 0.3 is 5.97 Å². The maximum atomic E-state index is 13.0. The second-order valence-corrected chi connectivity index (χ2v) is 5.44. The molecule has 0 atom stereocenters. The minimum atomic E-state index is -0.580. The maximum absolute atomic E-state index is 13.0. The fourth-order valence-electron chi connectivity index (χ4n) is 2.41.